The summed E-state index contributed by atoms with van der Waals surface area (Å²) in [7, 11) is 0. The molecule has 90 valence electrons. The molecular formula is C11H14N4O2. The first-order chi connectivity index (χ1) is 8.11. The van der Waals surface area contributed by atoms with E-state index in [4.69, 9.17) is 10.3 Å². The van der Waals surface area contributed by atoms with Crippen molar-refractivity contribution < 1.29 is 9.21 Å². The molecule has 0 spiro atoms. The first kappa shape index (κ1) is 11.4. The number of hydrazine groups is 1. The molecule has 0 aromatic carbocycles. The number of carbonyl (C=O) groups excluding carboxylic acids is 1. The van der Waals surface area contributed by atoms with Crippen LogP contribution in [0.1, 0.15) is 27.5 Å². The van der Waals surface area contributed by atoms with Crippen molar-refractivity contribution in [1.82, 2.24) is 15.0 Å². The molecule has 0 aliphatic heterocycles. The highest BCUT2D eigenvalue weighted by molar-refractivity contribution is 5.93. The first-order valence-electron chi connectivity index (χ1n) is 5.18. The van der Waals surface area contributed by atoms with Crippen molar-refractivity contribution in [3.8, 4) is 0 Å². The molecule has 6 heteroatoms. The smallest absolute Gasteiger partial charge is 0.268 e. The van der Waals surface area contributed by atoms with Crippen LogP contribution in [0, 0.1) is 13.8 Å². The van der Waals surface area contributed by atoms with Crippen LogP contribution < -0.4 is 11.3 Å². The van der Waals surface area contributed by atoms with Gasteiger partial charge in [0.2, 0.25) is 0 Å². The summed E-state index contributed by atoms with van der Waals surface area (Å²) in [6.07, 6.45) is 3.13. The molecule has 6 nitrogen and oxygen atoms in total. The zero-order valence-electron chi connectivity index (χ0n) is 9.73. The van der Waals surface area contributed by atoms with Crippen molar-refractivity contribution in [2.45, 2.75) is 20.4 Å². The summed E-state index contributed by atoms with van der Waals surface area (Å²) in [5, 5.41) is 0. The van der Waals surface area contributed by atoms with E-state index in [0.717, 1.165) is 11.4 Å². The Balaban J connectivity index is 2.17. The second-order valence-electron chi connectivity index (χ2n) is 3.82. The fourth-order valence-electron chi connectivity index (χ4n) is 1.54. The molecule has 17 heavy (non-hydrogen) atoms. The summed E-state index contributed by atoms with van der Waals surface area (Å²) in [5.74, 6) is 5.36. The SMILES string of the molecule is Cc1ncn(Cc2cc(C(=O)NN)co2)c1C. The molecule has 0 saturated heterocycles. The van der Waals surface area contributed by atoms with Gasteiger partial charge in [-0.15, -0.1) is 0 Å². The normalized spacial score (nSPS) is 10.5. The van der Waals surface area contributed by atoms with Gasteiger partial charge in [0.25, 0.3) is 5.91 Å². The van der Waals surface area contributed by atoms with E-state index in [1.165, 1.54) is 6.26 Å². The molecule has 2 heterocycles. The number of furan rings is 1. The van der Waals surface area contributed by atoms with E-state index in [9.17, 15) is 4.79 Å². The Kier molecular flexibility index (Phi) is 2.97. The van der Waals surface area contributed by atoms with E-state index in [2.05, 4.69) is 10.4 Å². The lowest BCUT2D eigenvalue weighted by Crippen LogP contribution is -2.29. The Morgan fingerprint density at radius 2 is 2.35 bits per heavy atom. The van der Waals surface area contributed by atoms with E-state index in [0.29, 0.717) is 17.9 Å². The number of hydrogen-bond acceptors (Lipinski definition) is 4. The molecule has 2 aromatic rings. The fourth-order valence-corrected chi connectivity index (χ4v) is 1.54. The van der Waals surface area contributed by atoms with Gasteiger partial charge in [0.05, 0.1) is 24.1 Å². The number of aryl methyl sites for hydroxylation is 1. The van der Waals surface area contributed by atoms with E-state index >= 15 is 0 Å². The van der Waals surface area contributed by atoms with Crippen LogP contribution in [0.4, 0.5) is 0 Å². The number of carbonyl (C=O) groups is 1. The van der Waals surface area contributed by atoms with Crippen LogP contribution in [-0.2, 0) is 6.54 Å². The molecular weight excluding hydrogens is 220 g/mol. The lowest BCUT2D eigenvalue weighted by molar-refractivity contribution is 0.0953. The van der Waals surface area contributed by atoms with E-state index in [-0.39, 0.29) is 5.91 Å². The molecule has 0 aliphatic carbocycles. The topological polar surface area (TPSA) is 86.1 Å². The van der Waals surface area contributed by atoms with Crippen LogP contribution in [0.15, 0.2) is 23.1 Å². The van der Waals surface area contributed by atoms with Gasteiger partial charge in [0.1, 0.15) is 12.0 Å². The Labute approximate surface area is 98.4 Å². The summed E-state index contributed by atoms with van der Waals surface area (Å²) >= 11 is 0. The minimum atomic E-state index is -0.362. The quantitative estimate of drug-likeness (QED) is 0.466. The third-order valence-electron chi connectivity index (χ3n) is 2.72. The zero-order valence-corrected chi connectivity index (χ0v) is 9.73. The molecule has 0 bridgehead atoms. The number of nitrogens with two attached hydrogens (primary N) is 1. The average molecular weight is 234 g/mol. The summed E-state index contributed by atoms with van der Waals surface area (Å²) in [4.78, 5) is 15.4. The van der Waals surface area contributed by atoms with Crippen LogP contribution >= 0.6 is 0 Å². The number of imidazole rings is 1. The van der Waals surface area contributed by atoms with E-state index in [1.807, 2.05) is 18.4 Å². The molecule has 3 N–H and O–H groups in total. The lowest BCUT2D eigenvalue weighted by atomic mass is 10.3. The minimum absolute atomic E-state index is 0.362. The van der Waals surface area contributed by atoms with Crippen molar-refractivity contribution in [3.63, 3.8) is 0 Å². The number of nitrogens with zero attached hydrogens (tertiary/aromatic N) is 2. The molecule has 2 rings (SSSR count). The standard InChI is InChI=1S/C11H14N4O2/c1-7-8(2)15(6-13-7)4-10-3-9(5-17-10)11(16)14-12/h3,5-6H,4,12H2,1-2H3,(H,14,16). The van der Waals surface area contributed by atoms with Crippen molar-refractivity contribution >= 4 is 5.91 Å². The van der Waals surface area contributed by atoms with Crippen LogP contribution in [0.25, 0.3) is 0 Å². The number of hydrogen-bond donors (Lipinski definition) is 2. The van der Waals surface area contributed by atoms with Gasteiger partial charge in [-0.3, -0.25) is 10.2 Å². The van der Waals surface area contributed by atoms with Crippen LogP contribution in [0.2, 0.25) is 0 Å². The van der Waals surface area contributed by atoms with Crippen LogP contribution in [0.5, 0.6) is 0 Å². The van der Waals surface area contributed by atoms with Gasteiger partial charge in [-0.2, -0.15) is 0 Å². The molecule has 0 atom stereocenters. The second-order valence-corrected chi connectivity index (χ2v) is 3.82. The highest BCUT2D eigenvalue weighted by atomic mass is 16.3. The lowest BCUT2D eigenvalue weighted by Gasteiger charge is -2.01. The number of aromatic nitrogens is 2. The summed E-state index contributed by atoms with van der Waals surface area (Å²) in [6, 6.07) is 1.66. The monoisotopic (exact) mass is 234 g/mol. The predicted octanol–water partition coefficient (Wildman–Crippen LogP) is 0.745. The summed E-state index contributed by atoms with van der Waals surface area (Å²) < 4.78 is 7.25. The average Bonchev–Trinajstić information content (AvgIpc) is 2.91. The molecule has 0 saturated carbocycles. The molecule has 0 unspecified atom stereocenters. The minimum Gasteiger partial charge on any atom is -0.467 e. The Morgan fingerprint density at radius 3 is 2.94 bits per heavy atom. The van der Waals surface area contributed by atoms with Crippen molar-refractivity contribution in [3.05, 3.63) is 41.4 Å². The third-order valence-corrected chi connectivity index (χ3v) is 2.72. The van der Waals surface area contributed by atoms with Gasteiger partial charge in [-0.25, -0.2) is 10.8 Å². The molecule has 2 aromatic heterocycles. The number of nitrogen functional groups attached to an aromatic ring is 1. The number of rotatable bonds is 3. The first-order valence-corrected chi connectivity index (χ1v) is 5.18. The molecule has 1 amide bonds. The van der Waals surface area contributed by atoms with E-state index in [1.54, 1.807) is 12.4 Å². The highest BCUT2D eigenvalue weighted by Gasteiger charge is 2.10. The van der Waals surface area contributed by atoms with Gasteiger partial charge in [0, 0.05) is 5.69 Å². The molecule has 0 fully saturated rings. The summed E-state index contributed by atoms with van der Waals surface area (Å²) in [6.45, 7) is 4.48. The Hall–Kier alpha value is -2.08. The van der Waals surface area contributed by atoms with Gasteiger partial charge in [-0.1, -0.05) is 0 Å². The number of amides is 1. The maximum Gasteiger partial charge on any atom is 0.268 e. The summed E-state index contributed by atoms with van der Waals surface area (Å²) in [5.41, 5.74) is 4.53. The van der Waals surface area contributed by atoms with Crippen molar-refractivity contribution in [2.75, 3.05) is 0 Å². The van der Waals surface area contributed by atoms with Gasteiger partial charge in [0.15, 0.2) is 0 Å². The second kappa shape index (κ2) is 4.42. The van der Waals surface area contributed by atoms with E-state index < -0.39 is 0 Å². The van der Waals surface area contributed by atoms with Gasteiger partial charge < -0.3 is 8.98 Å². The van der Waals surface area contributed by atoms with Crippen molar-refractivity contribution in [2.24, 2.45) is 5.84 Å². The largest absolute Gasteiger partial charge is 0.467 e. The fraction of sp³-hybridized carbons (Fsp3) is 0.273. The van der Waals surface area contributed by atoms with Crippen molar-refractivity contribution in [1.29, 1.82) is 0 Å². The van der Waals surface area contributed by atoms with Gasteiger partial charge >= 0.3 is 0 Å². The maximum atomic E-state index is 11.2. The van der Waals surface area contributed by atoms with Gasteiger partial charge in [-0.05, 0) is 19.9 Å². The molecule has 0 radical (unpaired) electrons. The Bertz CT molecular complexity index is 541. The third kappa shape index (κ3) is 2.21. The maximum absolute atomic E-state index is 11.2. The highest BCUT2D eigenvalue weighted by Crippen LogP contribution is 2.12. The predicted molar refractivity (Wildman–Crippen MR) is 61.2 cm³/mol. The number of nitrogens with one attached hydrogen (secondary N) is 1. The van der Waals surface area contributed by atoms with Crippen LogP contribution in [-0.4, -0.2) is 15.5 Å². The zero-order chi connectivity index (χ0) is 12.4. The molecule has 0 aliphatic rings. The van der Waals surface area contributed by atoms with Crippen LogP contribution in [0.3, 0.4) is 0 Å². The Morgan fingerprint density at radius 1 is 1.59 bits per heavy atom.